The number of carbonyl (C=O) groups is 1. The molecule has 2 aromatic rings. The average Bonchev–Trinajstić information content (AvgIpc) is 2.69. The summed E-state index contributed by atoms with van der Waals surface area (Å²) in [5.41, 5.74) is 0.138. The quantitative estimate of drug-likeness (QED) is 0.450. The molecule has 1 saturated carbocycles. The highest BCUT2D eigenvalue weighted by Gasteiger charge is 2.33. The summed E-state index contributed by atoms with van der Waals surface area (Å²) < 4.78 is 74.7. The number of alkyl halides is 3. The number of anilines is 2. The summed E-state index contributed by atoms with van der Waals surface area (Å²) >= 11 is 0. The predicted octanol–water partition coefficient (Wildman–Crippen LogP) is 4.13. The Hall–Kier alpha value is -2.99. The fraction of sp³-hybridized carbons (Fsp3) is 0.409. The van der Waals surface area contributed by atoms with Gasteiger partial charge < -0.3 is 19.9 Å². The molecular weight excluding hydrogens is 477 g/mol. The van der Waals surface area contributed by atoms with E-state index in [1.165, 1.54) is 30.3 Å². The van der Waals surface area contributed by atoms with Gasteiger partial charge in [-0.2, -0.15) is 0 Å². The molecule has 0 aromatic heterocycles. The summed E-state index contributed by atoms with van der Waals surface area (Å²) in [6, 6.07) is 8.34. The van der Waals surface area contributed by atoms with Gasteiger partial charge in [0.15, 0.2) is 0 Å². The molecule has 0 radical (unpaired) electrons. The Balaban J connectivity index is 1.81. The summed E-state index contributed by atoms with van der Waals surface area (Å²) in [6.45, 7) is 1.48. The smallest absolute Gasteiger partial charge is 0.492 e. The van der Waals surface area contributed by atoms with Crippen molar-refractivity contribution in [1.29, 1.82) is 0 Å². The van der Waals surface area contributed by atoms with Crippen molar-refractivity contribution in [2.75, 3.05) is 23.3 Å². The van der Waals surface area contributed by atoms with Crippen LogP contribution in [0.25, 0.3) is 0 Å². The molecule has 186 valence electrons. The molecule has 1 aliphatic carbocycles. The number of carbonyl (C=O) groups excluding carboxylic acids is 1. The summed E-state index contributed by atoms with van der Waals surface area (Å²) in [6.07, 6.45) is -2.19. The van der Waals surface area contributed by atoms with Crippen molar-refractivity contribution in [2.45, 2.75) is 37.4 Å². The lowest BCUT2D eigenvalue weighted by atomic mass is 9.76. The van der Waals surface area contributed by atoms with E-state index in [1.807, 2.05) is 0 Å². The first-order chi connectivity index (χ1) is 16.0. The third-order valence-electron chi connectivity index (χ3n) is 5.37. The van der Waals surface area contributed by atoms with E-state index in [0.717, 1.165) is 31.4 Å². The first-order valence-electron chi connectivity index (χ1n) is 10.6. The van der Waals surface area contributed by atoms with E-state index >= 15 is 0 Å². The van der Waals surface area contributed by atoms with E-state index in [9.17, 15) is 31.5 Å². The van der Waals surface area contributed by atoms with Crippen molar-refractivity contribution in [3.63, 3.8) is 0 Å². The highest BCUT2D eigenvalue weighted by Crippen LogP contribution is 2.35. The van der Waals surface area contributed by atoms with Crippen LogP contribution in [0.2, 0.25) is 0 Å². The number of aliphatic hydroxyl groups is 1. The Morgan fingerprint density at radius 3 is 2.50 bits per heavy atom. The second kappa shape index (κ2) is 10.5. The maximum absolute atomic E-state index is 12.9. The van der Waals surface area contributed by atoms with E-state index in [-0.39, 0.29) is 47.1 Å². The third-order valence-corrected chi connectivity index (χ3v) is 6.79. The van der Waals surface area contributed by atoms with E-state index < -0.39 is 28.1 Å². The van der Waals surface area contributed by atoms with Gasteiger partial charge in [-0.25, -0.2) is 8.42 Å². The minimum absolute atomic E-state index is 0.0558. The van der Waals surface area contributed by atoms with Gasteiger partial charge in [0.05, 0.1) is 24.8 Å². The second-order valence-electron chi connectivity index (χ2n) is 7.74. The molecule has 3 rings (SSSR count). The standard InChI is InChI=1S/C22H25F3N2O6S/c1-2-32-19-12-15(26-21(29)18(13-28)14-5-3-6-14)9-10-20(19)34(30,31)27-16-7-4-8-17(11-16)33-22(23,24)25/h4,7-12,14,18,27-28H,2-3,5-6,13H2,1H3,(H,26,29). The van der Waals surface area contributed by atoms with Crippen molar-refractivity contribution in [2.24, 2.45) is 11.8 Å². The van der Waals surface area contributed by atoms with Crippen LogP contribution in [0.15, 0.2) is 47.4 Å². The van der Waals surface area contributed by atoms with Gasteiger partial charge in [-0.1, -0.05) is 12.5 Å². The summed E-state index contributed by atoms with van der Waals surface area (Å²) in [7, 11) is -4.27. The molecule has 1 unspecified atom stereocenters. The molecule has 8 nitrogen and oxygen atoms in total. The Morgan fingerprint density at radius 1 is 1.18 bits per heavy atom. The average molecular weight is 503 g/mol. The van der Waals surface area contributed by atoms with Crippen LogP contribution in [0.5, 0.6) is 11.5 Å². The van der Waals surface area contributed by atoms with Crippen LogP contribution in [-0.2, 0) is 14.8 Å². The summed E-state index contributed by atoms with van der Waals surface area (Å²) in [5, 5.41) is 12.3. The summed E-state index contributed by atoms with van der Waals surface area (Å²) in [5.74, 6) is -1.46. The fourth-order valence-electron chi connectivity index (χ4n) is 3.57. The van der Waals surface area contributed by atoms with Crippen LogP contribution in [0, 0.1) is 11.8 Å². The molecule has 34 heavy (non-hydrogen) atoms. The molecule has 1 amide bonds. The molecule has 0 bridgehead atoms. The molecule has 0 saturated heterocycles. The van der Waals surface area contributed by atoms with Gasteiger partial charge >= 0.3 is 6.36 Å². The summed E-state index contributed by atoms with van der Waals surface area (Å²) in [4.78, 5) is 12.3. The van der Waals surface area contributed by atoms with Gasteiger partial charge in [-0.05, 0) is 49.9 Å². The number of aliphatic hydroxyl groups excluding tert-OH is 1. The molecule has 0 aliphatic heterocycles. The zero-order valence-electron chi connectivity index (χ0n) is 18.3. The van der Waals surface area contributed by atoms with Crippen LogP contribution in [-0.4, -0.2) is 39.0 Å². The number of hydrogen-bond donors (Lipinski definition) is 3. The number of amides is 1. The maximum Gasteiger partial charge on any atom is 0.573 e. The van der Waals surface area contributed by atoms with E-state index in [2.05, 4.69) is 14.8 Å². The Kier molecular flexibility index (Phi) is 7.93. The lowest BCUT2D eigenvalue weighted by molar-refractivity contribution is -0.274. The Labute approximate surface area is 195 Å². The van der Waals surface area contributed by atoms with Crippen LogP contribution in [0.1, 0.15) is 26.2 Å². The topological polar surface area (TPSA) is 114 Å². The Bertz CT molecular complexity index is 1120. The monoisotopic (exact) mass is 502 g/mol. The van der Waals surface area contributed by atoms with Crippen LogP contribution in [0.3, 0.4) is 0 Å². The lowest BCUT2D eigenvalue weighted by Gasteiger charge is -2.31. The number of nitrogens with one attached hydrogen (secondary N) is 2. The van der Waals surface area contributed by atoms with E-state index in [1.54, 1.807) is 6.92 Å². The van der Waals surface area contributed by atoms with Crippen molar-refractivity contribution in [3.05, 3.63) is 42.5 Å². The number of hydrogen-bond acceptors (Lipinski definition) is 6. The zero-order valence-corrected chi connectivity index (χ0v) is 19.1. The van der Waals surface area contributed by atoms with Gasteiger partial charge in [0.25, 0.3) is 10.0 Å². The molecule has 1 fully saturated rings. The second-order valence-corrected chi connectivity index (χ2v) is 9.40. The molecule has 1 aliphatic rings. The van der Waals surface area contributed by atoms with Gasteiger partial charge in [0.1, 0.15) is 16.4 Å². The number of halogens is 3. The zero-order chi connectivity index (χ0) is 24.9. The molecule has 0 heterocycles. The molecule has 3 N–H and O–H groups in total. The molecule has 0 spiro atoms. The van der Waals surface area contributed by atoms with Crippen LogP contribution in [0.4, 0.5) is 24.5 Å². The minimum Gasteiger partial charge on any atom is -0.492 e. The van der Waals surface area contributed by atoms with Crippen molar-refractivity contribution >= 4 is 27.3 Å². The molecule has 1 atom stereocenters. The van der Waals surface area contributed by atoms with Gasteiger partial charge in [-0.15, -0.1) is 13.2 Å². The normalized spacial score (nSPS) is 15.2. The van der Waals surface area contributed by atoms with Crippen LogP contribution >= 0.6 is 0 Å². The van der Waals surface area contributed by atoms with E-state index in [0.29, 0.717) is 0 Å². The van der Waals surface area contributed by atoms with Crippen molar-refractivity contribution < 1.29 is 41.0 Å². The van der Waals surface area contributed by atoms with Gasteiger partial charge in [0.2, 0.25) is 5.91 Å². The highest BCUT2D eigenvalue weighted by atomic mass is 32.2. The van der Waals surface area contributed by atoms with E-state index in [4.69, 9.17) is 4.74 Å². The fourth-order valence-corrected chi connectivity index (χ4v) is 4.74. The predicted molar refractivity (Wildman–Crippen MR) is 118 cm³/mol. The third kappa shape index (κ3) is 6.54. The molecule has 2 aromatic carbocycles. The Morgan fingerprint density at radius 2 is 1.91 bits per heavy atom. The van der Waals surface area contributed by atoms with Crippen LogP contribution < -0.4 is 19.5 Å². The van der Waals surface area contributed by atoms with Gasteiger partial charge in [0, 0.05) is 17.8 Å². The number of sulfonamides is 1. The first-order valence-corrected chi connectivity index (χ1v) is 12.1. The largest absolute Gasteiger partial charge is 0.573 e. The molecular formula is C22H25F3N2O6S. The highest BCUT2D eigenvalue weighted by molar-refractivity contribution is 7.92. The number of ether oxygens (including phenoxy) is 2. The van der Waals surface area contributed by atoms with Gasteiger partial charge in [-0.3, -0.25) is 9.52 Å². The minimum atomic E-state index is -4.92. The molecule has 12 heteroatoms. The lowest BCUT2D eigenvalue weighted by Crippen LogP contribution is -2.35. The van der Waals surface area contributed by atoms with Crippen molar-refractivity contribution in [3.8, 4) is 11.5 Å². The first kappa shape index (κ1) is 25.6. The number of benzene rings is 2. The SMILES string of the molecule is CCOc1cc(NC(=O)C(CO)C2CCC2)ccc1S(=O)(=O)Nc1cccc(OC(F)(F)F)c1. The number of rotatable bonds is 10. The maximum atomic E-state index is 12.9. The van der Waals surface area contributed by atoms with Crippen molar-refractivity contribution in [1.82, 2.24) is 0 Å².